The molecule has 1 heterocycles. The molecular weight excluding hydrogens is 266 g/mol. The van der Waals surface area contributed by atoms with Gasteiger partial charge in [0.1, 0.15) is 0 Å². The Balaban J connectivity index is 1.95. The summed E-state index contributed by atoms with van der Waals surface area (Å²) in [5.41, 5.74) is 1.26. The van der Waals surface area contributed by atoms with Crippen molar-refractivity contribution in [2.24, 2.45) is 0 Å². The number of hydrogen-bond donors (Lipinski definition) is 2. The molecular formula is C16H21N3O2. The van der Waals surface area contributed by atoms with Gasteiger partial charge in [0.15, 0.2) is 0 Å². The molecule has 21 heavy (non-hydrogen) atoms. The highest BCUT2D eigenvalue weighted by Crippen LogP contribution is 2.16. The fourth-order valence-corrected chi connectivity index (χ4v) is 2.33. The van der Waals surface area contributed by atoms with E-state index in [4.69, 9.17) is 0 Å². The van der Waals surface area contributed by atoms with Gasteiger partial charge in [-0.25, -0.2) is 0 Å². The second-order valence-corrected chi connectivity index (χ2v) is 5.05. The van der Waals surface area contributed by atoms with Crippen molar-refractivity contribution in [2.45, 2.75) is 12.8 Å². The zero-order valence-electron chi connectivity index (χ0n) is 12.1. The van der Waals surface area contributed by atoms with Crippen LogP contribution in [0.1, 0.15) is 23.2 Å². The lowest BCUT2D eigenvalue weighted by Crippen LogP contribution is -2.29. The highest BCUT2D eigenvalue weighted by molar-refractivity contribution is 5.97. The summed E-state index contributed by atoms with van der Waals surface area (Å²) in [4.78, 5) is 25.9. The van der Waals surface area contributed by atoms with Gasteiger partial charge in [0.2, 0.25) is 5.91 Å². The van der Waals surface area contributed by atoms with E-state index in [0.717, 1.165) is 25.9 Å². The van der Waals surface area contributed by atoms with Crippen LogP contribution in [0.15, 0.2) is 36.9 Å². The van der Waals surface area contributed by atoms with Crippen LogP contribution in [0.25, 0.3) is 0 Å². The van der Waals surface area contributed by atoms with Crippen LogP contribution >= 0.6 is 0 Å². The van der Waals surface area contributed by atoms with E-state index in [1.165, 1.54) is 0 Å². The zero-order valence-corrected chi connectivity index (χ0v) is 12.1. The largest absolute Gasteiger partial charge is 0.339 e. The van der Waals surface area contributed by atoms with Crippen molar-refractivity contribution >= 4 is 17.5 Å². The number of benzene rings is 1. The molecule has 2 N–H and O–H groups in total. The molecule has 1 aliphatic heterocycles. The molecule has 0 aromatic heterocycles. The van der Waals surface area contributed by atoms with E-state index < -0.39 is 0 Å². The van der Waals surface area contributed by atoms with Gasteiger partial charge < -0.3 is 15.5 Å². The Morgan fingerprint density at radius 3 is 2.76 bits per heavy atom. The first kappa shape index (κ1) is 15.3. The zero-order chi connectivity index (χ0) is 15.1. The summed E-state index contributed by atoms with van der Waals surface area (Å²) in [5.74, 6) is -0.101. The minimum absolute atomic E-state index is 0.0355. The molecule has 0 aliphatic carbocycles. The Bertz CT molecular complexity index is 522. The van der Waals surface area contributed by atoms with Gasteiger partial charge in [-0.1, -0.05) is 12.1 Å². The maximum atomic E-state index is 12.3. The number of rotatable bonds is 6. The predicted molar refractivity (Wildman–Crippen MR) is 83.3 cm³/mol. The summed E-state index contributed by atoms with van der Waals surface area (Å²) < 4.78 is 0. The maximum Gasteiger partial charge on any atom is 0.253 e. The van der Waals surface area contributed by atoms with E-state index in [0.29, 0.717) is 17.8 Å². The number of carbonyl (C=O) groups excluding carboxylic acids is 2. The van der Waals surface area contributed by atoms with Crippen LogP contribution in [0.3, 0.4) is 0 Å². The van der Waals surface area contributed by atoms with Gasteiger partial charge in [0.25, 0.3) is 5.91 Å². The summed E-state index contributed by atoms with van der Waals surface area (Å²) in [6, 6.07) is 7.08. The summed E-state index contributed by atoms with van der Waals surface area (Å²) in [7, 11) is 0. The molecule has 0 bridgehead atoms. The molecule has 112 valence electrons. The van der Waals surface area contributed by atoms with Crippen LogP contribution in [-0.4, -0.2) is 42.9 Å². The lowest BCUT2D eigenvalue weighted by molar-refractivity contribution is -0.115. The van der Waals surface area contributed by atoms with Crippen LogP contribution in [0, 0.1) is 0 Å². The third-order valence-corrected chi connectivity index (χ3v) is 3.36. The standard InChI is InChI=1S/C16H21N3O2/c1-2-8-17-12-15(20)18-14-7-5-6-13(11-14)16(21)19-9-3-4-10-19/h2,5-7,11,17H,1,3-4,8-10,12H2,(H,18,20). The molecule has 0 saturated carbocycles. The van der Waals surface area contributed by atoms with E-state index in [-0.39, 0.29) is 18.4 Å². The molecule has 0 atom stereocenters. The van der Waals surface area contributed by atoms with Crippen LogP contribution in [-0.2, 0) is 4.79 Å². The van der Waals surface area contributed by atoms with Crippen molar-refractivity contribution in [1.82, 2.24) is 10.2 Å². The van der Waals surface area contributed by atoms with Crippen molar-refractivity contribution < 1.29 is 9.59 Å². The summed E-state index contributed by atoms with van der Waals surface area (Å²) in [6.07, 6.45) is 3.83. The number of hydrogen-bond acceptors (Lipinski definition) is 3. The Kier molecular flexibility index (Phi) is 5.51. The van der Waals surface area contributed by atoms with Crippen molar-refractivity contribution in [1.29, 1.82) is 0 Å². The van der Waals surface area contributed by atoms with E-state index in [9.17, 15) is 9.59 Å². The molecule has 0 radical (unpaired) electrons. The second-order valence-electron chi connectivity index (χ2n) is 5.05. The molecule has 5 heteroatoms. The van der Waals surface area contributed by atoms with E-state index in [2.05, 4.69) is 17.2 Å². The molecule has 1 aliphatic rings. The first-order valence-electron chi connectivity index (χ1n) is 7.21. The quantitative estimate of drug-likeness (QED) is 0.617. The van der Waals surface area contributed by atoms with E-state index in [1.54, 1.807) is 30.3 Å². The molecule has 1 saturated heterocycles. The molecule has 5 nitrogen and oxygen atoms in total. The average Bonchev–Trinajstić information content (AvgIpc) is 3.01. The normalized spacial score (nSPS) is 14.0. The van der Waals surface area contributed by atoms with Gasteiger partial charge in [0.05, 0.1) is 6.54 Å². The number of likely N-dealkylation sites (tertiary alicyclic amines) is 1. The highest BCUT2D eigenvalue weighted by atomic mass is 16.2. The fourth-order valence-electron chi connectivity index (χ4n) is 2.33. The minimum atomic E-state index is -0.136. The Hall–Kier alpha value is -2.14. The highest BCUT2D eigenvalue weighted by Gasteiger charge is 2.19. The number of nitrogens with one attached hydrogen (secondary N) is 2. The molecule has 0 spiro atoms. The third kappa shape index (κ3) is 4.43. The maximum absolute atomic E-state index is 12.3. The molecule has 1 aromatic carbocycles. The lowest BCUT2D eigenvalue weighted by atomic mass is 10.1. The van der Waals surface area contributed by atoms with Crippen molar-refractivity contribution in [3.05, 3.63) is 42.5 Å². The van der Waals surface area contributed by atoms with Crippen molar-refractivity contribution in [3.63, 3.8) is 0 Å². The molecule has 2 rings (SSSR count). The topological polar surface area (TPSA) is 61.4 Å². The van der Waals surface area contributed by atoms with Gasteiger partial charge >= 0.3 is 0 Å². The van der Waals surface area contributed by atoms with Crippen LogP contribution in [0.4, 0.5) is 5.69 Å². The molecule has 1 aromatic rings. The molecule has 1 fully saturated rings. The number of nitrogens with zero attached hydrogens (tertiary/aromatic N) is 1. The average molecular weight is 287 g/mol. The van der Waals surface area contributed by atoms with Crippen molar-refractivity contribution in [3.8, 4) is 0 Å². The van der Waals surface area contributed by atoms with E-state index >= 15 is 0 Å². The summed E-state index contributed by atoms with van der Waals surface area (Å²) in [6.45, 7) is 6.02. The monoisotopic (exact) mass is 287 g/mol. The van der Waals surface area contributed by atoms with Gasteiger partial charge in [-0.3, -0.25) is 9.59 Å². The van der Waals surface area contributed by atoms with Gasteiger partial charge in [0, 0.05) is 30.9 Å². The summed E-state index contributed by atoms with van der Waals surface area (Å²) in [5, 5.41) is 5.71. The smallest absolute Gasteiger partial charge is 0.253 e. The number of anilines is 1. The van der Waals surface area contributed by atoms with Crippen LogP contribution < -0.4 is 10.6 Å². The Morgan fingerprint density at radius 1 is 1.29 bits per heavy atom. The van der Waals surface area contributed by atoms with Gasteiger partial charge in [-0.2, -0.15) is 0 Å². The van der Waals surface area contributed by atoms with E-state index in [1.807, 2.05) is 4.90 Å². The Labute approximate surface area is 125 Å². The minimum Gasteiger partial charge on any atom is -0.339 e. The SMILES string of the molecule is C=CCNCC(=O)Nc1cccc(C(=O)N2CCCC2)c1. The van der Waals surface area contributed by atoms with Gasteiger partial charge in [-0.05, 0) is 31.0 Å². The van der Waals surface area contributed by atoms with Crippen LogP contribution in [0.2, 0.25) is 0 Å². The molecule has 0 unspecified atom stereocenters. The summed E-state index contributed by atoms with van der Waals surface area (Å²) >= 11 is 0. The fraction of sp³-hybridized carbons (Fsp3) is 0.375. The van der Waals surface area contributed by atoms with Gasteiger partial charge in [-0.15, -0.1) is 6.58 Å². The number of amides is 2. The first-order valence-corrected chi connectivity index (χ1v) is 7.21. The first-order chi connectivity index (χ1) is 10.2. The number of carbonyl (C=O) groups is 2. The van der Waals surface area contributed by atoms with Crippen LogP contribution in [0.5, 0.6) is 0 Å². The third-order valence-electron chi connectivity index (χ3n) is 3.36. The Morgan fingerprint density at radius 2 is 2.05 bits per heavy atom. The van der Waals surface area contributed by atoms with Crippen molar-refractivity contribution in [2.75, 3.05) is 31.5 Å². The predicted octanol–water partition coefficient (Wildman–Crippen LogP) is 1.64. The second kappa shape index (κ2) is 7.59. The molecule has 2 amide bonds. The lowest BCUT2D eigenvalue weighted by Gasteiger charge is -2.15.